The molecule has 0 atom stereocenters. The van der Waals surface area contributed by atoms with Gasteiger partial charge in [-0.05, 0) is 67.5 Å². The Morgan fingerprint density at radius 3 is 1.33 bits per heavy atom. The Morgan fingerprint density at radius 1 is 0.708 bits per heavy atom. The van der Waals surface area contributed by atoms with Gasteiger partial charge in [-0.25, -0.2) is 0 Å². The summed E-state index contributed by atoms with van der Waals surface area (Å²) in [6, 6.07) is 7.75. The lowest BCUT2D eigenvalue weighted by molar-refractivity contribution is 0.0709. The Kier molecular flexibility index (Phi) is 6.00. The highest BCUT2D eigenvalue weighted by Crippen LogP contribution is 2.30. The molecule has 0 unspecified atom stereocenters. The van der Waals surface area contributed by atoms with E-state index < -0.39 is 0 Å². The van der Waals surface area contributed by atoms with Crippen molar-refractivity contribution in [2.75, 3.05) is 0 Å². The normalized spacial score (nSPS) is 13.8. The molecular formula is C20H36N2O2. The summed E-state index contributed by atoms with van der Waals surface area (Å²) >= 11 is 0. The first-order chi connectivity index (χ1) is 10.6. The third-order valence-corrected chi connectivity index (χ3v) is 3.36. The van der Waals surface area contributed by atoms with Crippen LogP contribution in [-0.2, 0) is 0 Å². The molecule has 4 nitrogen and oxygen atoms in total. The predicted molar refractivity (Wildman–Crippen MR) is 102 cm³/mol. The number of hydrogen-bond acceptors (Lipinski definition) is 4. The molecule has 0 aliphatic heterocycles. The van der Waals surface area contributed by atoms with Crippen molar-refractivity contribution in [3.05, 3.63) is 24.3 Å². The number of ether oxygens (including phenoxy) is 2. The summed E-state index contributed by atoms with van der Waals surface area (Å²) in [5.41, 5.74) is 11.0. The van der Waals surface area contributed by atoms with Crippen LogP contribution in [0.3, 0.4) is 0 Å². The quantitative estimate of drug-likeness (QED) is 0.744. The van der Waals surface area contributed by atoms with Crippen LogP contribution in [0.2, 0.25) is 0 Å². The van der Waals surface area contributed by atoms with Gasteiger partial charge in [0.25, 0.3) is 0 Å². The Balaban J connectivity index is 2.84. The van der Waals surface area contributed by atoms with Gasteiger partial charge in [-0.2, -0.15) is 0 Å². The van der Waals surface area contributed by atoms with Crippen LogP contribution in [0.25, 0.3) is 0 Å². The summed E-state index contributed by atoms with van der Waals surface area (Å²) < 4.78 is 12.3. The van der Waals surface area contributed by atoms with E-state index in [9.17, 15) is 0 Å². The molecular weight excluding hydrogens is 300 g/mol. The van der Waals surface area contributed by atoms with Crippen LogP contribution >= 0.6 is 0 Å². The largest absolute Gasteiger partial charge is 0.488 e. The van der Waals surface area contributed by atoms with E-state index in [-0.39, 0.29) is 22.3 Å². The molecule has 0 heterocycles. The van der Waals surface area contributed by atoms with Crippen molar-refractivity contribution in [2.24, 2.45) is 11.5 Å². The van der Waals surface area contributed by atoms with E-state index in [0.29, 0.717) is 0 Å². The molecule has 0 aliphatic rings. The minimum Gasteiger partial charge on any atom is -0.488 e. The minimum atomic E-state index is -0.356. The first-order valence-corrected chi connectivity index (χ1v) is 8.63. The van der Waals surface area contributed by atoms with Crippen molar-refractivity contribution in [1.29, 1.82) is 0 Å². The maximum Gasteiger partial charge on any atom is 0.123 e. The van der Waals surface area contributed by atoms with E-state index in [2.05, 4.69) is 27.7 Å². The van der Waals surface area contributed by atoms with Gasteiger partial charge in [0, 0.05) is 30.0 Å². The third kappa shape index (κ3) is 8.55. The Labute approximate surface area is 147 Å². The molecule has 0 aromatic heterocycles. The molecule has 1 rings (SSSR count). The van der Waals surface area contributed by atoms with Gasteiger partial charge in [-0.15, -0.1) is 0 Å². The van der Waals surface area contributed by atoms with E-state index in [0.717, 1.165) is 24.3 Å². The zero-order valence-electron chi connectivity index (χ0n) is 16.7. The standard InChI is InChI=1S/C20H36N2O2/c1-17(2,21)13-19(5,6)23-15-10-9-11-16(12-15)24-20(7,8)14-18(3,4)22/h9-12H,13-14,21-22H2,1-8H3. The van der Waals surface area contributed by atoms with Gasteiger partial charge in [0.2, 0.25) is 0 Å². The first-order valence-electron chi connectivity index (χ1n) is 8.63. The Hall–Kier alpha value is -1.26. The molecule has 0 saturated heterocycles. The fourth-order valence-corrected chi connectivity index (χ4v) is 3.51. The lowest BCUT2D eigenvalue weighted by Gasteiger charge is -2.34. The van der Waals surface area contributed by atoms with E-state index in [1.54, 1.807) is 0 Å². The summed E-state index contributed by atoms with van der Waals surface area (Å²) in [5.74, 6) is 1.56. The summed E-state index contributed by atoms with van der Waals surface area (Å²) in [6.45, 7) is 16.2. The van der Waals surface area contributed by atoms with Crippen LogP contribution < -0.4 is 20.9 Å². The molecule has 0 amide bonds. The van der Waals surface area contributed by atoms with Crippen molar-refractivity contribution in [2.45, 2.75) is 90.5 Å². The van der Waals surface area contributed by atoms with Gasteiger partial charge in [0.1, 0.15) is 22.7 Å². The highest BCUT2D eigenvalue weighted by Gasteiger charge is 2.29. The fourth-order valence-electron chi connectivity index (χ4n) is 3.51. The van der Waals surface area contributed by atoms with E-state index in [1.165, 1.54) is 0 Å². The van der Waals surface area contributed by atoms with Crippen molar-refractivity contribution in [1.82, 2.24) is 0 Å². The van der Waals surface area contributed by atoms with Crippen molar-refractivity contribution < 1.29 is 9.47 Å². The van der Waals surface area contributed by atoms with E-state index >= 15 is 0 Å². The van der Waals surface area contributed by atoms with Crippen LogP contribution in [0, 0.1) is 0 Å². The molecule has 0 saturated carbocycles. The van der Waals surface area contributed by atoms with Gasteiger partial charge in [-0.3, -0.25) is 0 Å². The summed E-state index contributed by atoms with van der Waals surface area (Å²) in [4.78, 5) is 0. The smallest absolute Gasteiger partial charge is 0.123 e. The second-order valence-electron chi connectivity index (χ2n) is 9.53. The number of benzene rings is 1. The van der Waals surface area contributed by atoms with Crippen molar-refractivity contribution in [3.8, 4) is 11.5 Å². The predicted octanol–water partition coefficient (Wildman–Crippen LogP) is 4.26. The zero-order chi connectivity index (χ0) is 18.8. The second-order valence-corrected chi connectivity index (χ2v) is 9.53. The number of hydrogen-bond donors (Lipinski definition) is 2. The lowest BCUT2D eigenvalue weighted by atomic mass is 9.90. The van der Waals surface area contributed by atoms with Gasteiger partial charge in [0.15, 0.2) is 0 Å². The molecule has 0 bridgehead atoms. The molecule has 1 aromatic rings. The highest BCUT2D eigenvalue weighted by atomic mass is 16.5. The minimum absolute atomic E-state index is 0.285. The van der Waals surface area contributed by atoms with Gasteiger partial charge >= 0.3 is 0 Å². The first kappa shape index (κ1) is 20.8. The van der Waals surface area contributed by atoms with Crippen molar-refractivity contribution in [3.63, 3.8) is 0 Å². The molecule has 4 heteroatoms. The molecule has 0 aliphatic carbocycles. The third-order valence-electron chi connectivity index (χ3n) is 3.36. The molecule has 0 fully saturated rings. The maximum atomic E-state index is 6.15. The van der Waals surface area contributed by atoms with E-state index in [1.807, 2.05) is 52.0 Å². The SMILES string of the molecule is CC(C)(N)CC(C)(C)Oc1cccc(OC(C)(C)CC(C)(C)N)c1. The molecule has 138 valence electrons. The average molecular weight is 337 g/mol. The molecule has 0 spiro atoms. The summed E-state index contributed by atoms with van der Waals surface area (Å²) in [5, 5.41) is 0. The van der Waals surface area contributed by atoms with Crippen LogP contribution in [0.5, 0.6) is 11.5 Å². The summed E-state index contributed by atoms with van der Waals surface area (Å²) in [6.07, 6.45) is 1.50. The lowest BCUT2D eigenvalue weighted by Crippen LogP contribution is -2.43. The maximum absolute atomic E-state index is 6.15. The van der Waals surface area contributed by atoms with Crippen LogP contribution in [0.1, 0.15) is 68.2 Å². The van der Waals surface area contributed by atoms with Crippen LogP contribution in [-0.4, -0.2) is 22.3 Å². The topological polar surface area (TPSA) is 70.5 Å². The van der Waals surface area contributed by atoms with Gasteiger partial charge < -0.3 is 20.9 Å². The van der Waals surface area contributed by atoms with Crippen LogP contribution in [0.4, 0.5) is 0 Å². The van der Waals surface area contributed by atoms with E-state index in [4.69, 9.17) is 20.9 Å². The summed E-state index contributed by atoms with van der Waals surface area (Å²) in [7, 11) is 0. The zero-order valence-corrected chi connectivity index (χ0v) is 16.7. The molecule has 24 heavy (non-hydrogen) atoms. The number of rotatable bonds is 8. The molecule has 1 aromatic carbocycles. The fraction of sp³-hybridized carbons (Fsp3) is 0.700. The average Bonchev–Trinajstić information content (AvgIpc) is 2.19. The van der Waals surface area contributed by atoms with Gasteiger partial charge in [-0.1, -0.05) is 6.07 Å². The highest BCUT2D eigenvalue weighted by molar-refractivity contribution is 5.34. The molecule has 4 N–H and O–H groups in total. The Bertz CT molecular complexity index is 492. The second kappa shape index (κ2) is 6.93. The Morgan fingerprint density at radius 2 is 1.04 bits per heavy atom. The van der Waals surface area contributed by atoms with Gasteiger partial charge in [0.05, 0.1) is 0 Å². The van der Waals surface area contributed by atoms with Crippen molar-refractivity contribution >= 4 is 0 Å². The number of nitrogens with two attached hydrogens (primary N) is 2. The van der Waals surface area contributed by atoms with Crippen LogP contribution in [0.15, 0.2) is 24.3 Å². The monoisotopic (exact) mass is 336 g/mol. The molecule has 0 radical (unpaired) electrons.